The third-order valence-corrected chi connectivity index (χ3v) is 2.80. The monoisotopic (exact) mass is 282 g/mol. The predicted molar refractivity (Wildman–Crippen MR) is 75.1 cm³/mol. The van der Waals surface area contributed by atoms with Crippen molar-refractivity contribution in [3.63, 3.8) is 0 Å². The van der Waals surface area contributed by atoms with Gasteiger partial charge in [0.1, 0.15) is 5.75 Å². The third kappa shape index (κ3) is 2.89. The van der Waals surface area contributed by atoms with Crippen LogP contribution in [0.1, 0.15) is 0 Å². The van der Waals surface area contributed by atoms with Gasteiger partial charge in [-0.3, -0.25) is 10.1 Å². The molecule has 0 atom stereocenters. The number of nitrogens with zero attached hydrogens (tertiary/aromatic N) is 2. The zero-order valence-corrected chi connectivity index (χ0v) is 10.8. The van der Waals surface area contributed by atoms with E-state index in [1.807, 2.05) is 18.2 Å². The molecule has 0 aliphatic heterocycles. The van der Waals surface area contributed by atoms with E-state index in [-0.39, 0.29) is 11.8 Å². The third-order valence-electron chi connectivity index (χ3n) is 2.80. The highest BCUT2D eigenvalue weighted by Crippen LogP contribution is 2.27. The maximum absolute atomic E-state index is 10.6. The van der Waals surface area contributed by atoms with Gasteiger partial charge in [-0.2, -0.15) is 4.98 Å². The second kappa shape index (κ2) is 5.46. The van der Waals surface area contributed by atoms with Crippen molar-refractivity contribution in [3.8, 4) is 23.1 Å². The molecule has 21 heavy (non-hydrogen) atoms. The minimum absolute atomic E-state index is 0.0269. The summed E-state index contributed by atoms with van der Waals surface area (Å²) in [5, 5.41) is 10.6. The maximum atomic E-state index is 10.6. The van der Waals surface area contributed by atoms with Crippen molar-refractivity contribution in [2.75, 3.05) is 0 Å². The molecule has 0 aliphatic carbocycles. The molecule has 0 unspecified atom stereocenters. The number of para-hydroxylation sites is 1. The first-order valence-electron chi connectivity index (χ1n) is 6.16. The zero-order chi connectivity index (χ0) is 14.7. The molecule has 3 rings (SSSR count). The summed E-state index contributed by atoms with van der Waals surface area (Å²) in [6.45, 7) is 0. The van der Waals surface area contributed by atoms with E-state index in [2.05, 4.69) is 4.98 Å². The standard InChI is InChI=1S/C15H10N2O4/c18-17(19)12-8-6-11(7-9-12)14-10-16-15(21-14)20-13-4-2-1-3-5-13/h1-10H. The number of hydrogen-bond acceptors (Lipinski definition) is 5. The first kappa shape index (κ1) is 12.9. The molecule has 6 nitrogen and oxygen atoms in total. The van der Waals surface area contributed by atoms with Gasteiger partial charge in [0, 0.05) is 17.7 Å². The van der Waals surface area contributed by atoms with Gasteiger partial charge >= 0.3 is 6.08 Å². The summed E-state index contributed by atoms with van der Waals surface area (Å²) in [6.07, 6.45) is 1.63. The highest BCUT2D eigenvalue weighted by Gasteiger charge is 2.10. The van der Waals surface area contributed by atoms with E-state index in [1.54, 1.807) is 24.3 Å². The molecule has 104 valence electrons. The zero-order valence-electron chi connectivity index (χ0n) is 10.8. The first-order chi connectivity index (χ1) is 10.2. The minimum Gasteiger partial charge on any atom is -0.411 e. The van der Waals surface area contributed by atoms with Gasteiger partial charge in [0.2, 0.25) is 0 Å². The topological polar surface area (TPSA) is 78.4 Å². The van der Waals surface area contributed by atoms with Crippen LogP contribution in [-0.4, -0.2) is 9.91 Å². The summed E-state index contributed by atoms with van der Waals surface area (Å²) in [6, 6.07) is 15.2. The van der Waals surface area contributed by atoms with E-state index in [1.165, 1.54) is 18.3 Å². The van der Waals surface area contributed by atoms with Crippen LogP contribution in [0.2, 0.25) is 0 Å². The Bertz CT molecular complexity index is 751. The van der Waals surface area contributed by atoms with Crippen molar-refractivity contribution in [2.24, 2.45) is 0 Å². The van der Waals surface area contributed by atoms with Gasteiger partial charge in [0.05, 0.1) is 11.1 Å². The summed E-state index contributed by atoms with van der Waals surface area (Å²) in [5.41, 5.74) is 0.718. The summed E-state index contributed by atoms with van der Waals surface area (Å²) >= 11 is 0. The highest BCUT2D eigenvalue weighted by molar-refractivity contribution is 5.58. The number of oxazole rings is 1. The molecule has 0 spiro atoms. The van der Waals surface area contributed by atoms with Crippen LogP contribution in [0.4, 0.5) is 5.69 Å². The fraction of sp³-hybridized carbons (Fsp3) is 0. The molecule has 0 fully saturated rings. The largest absolute Gasteiger partial charge is 0.411 e. The average Bonchev–Trinajstić information content (AvgIpc) is 2.97. The van der Waals surface area contributed by atoms with Crippen molar-refractivity contribution in [2.45, 2.75) is 0 Å². The highest BCUT2D eigenvalue weighted by atomic mass is 16.6. The van der Waals surface area contributed by atoms with Gasteiger partial charge < -0.3 is 9.15 Å². The summed E-state index contributed by atoms with van der Waals surface area (Å²) in [4.78, 5) is 14.2. The van der Waals surface area contributed by atoms with Gasteiger partial charge in [0.15, 0.2) is 5.76 Å². The maximum Gasteiger partial charge on any atom is 0.399 e. The molecule has 6 heteroatoms. The van der Waals surface area contributed by atoms with Crippen molar-refractivity contribution in [1.29, 1.82) is 0 Å². The number of benzene rings is 2. The SMILES string of the molecule is O=[N+]([O-])c1ccc(-c2cnc(Oc3ccccc3)o2)cc1. The van der Waals surface area contributed by atoms with Crippen LogP contribution in [-0.2, 0) is 0 Å². The number of hydrogen-bond donors (Lipinski definition) is 0. The van der Waals surface area contributed by atoms with Gasteiger partial charge in [0.25, 0.3) is 5.69 Å². The Morgan fingerprint density at radius 1 is 1.05 bits per heavy atom. The molecule has 1 heterocycles. The van der Waals surface area contributed by atoms with E-state index in [9.17, 15) is 10.1 Å². The number of ether oxygens (including phenoxy) is 1. The van der Waals surface area contributed by atoms with Crippen LogP contribution in [0.5, 0.6) is 11.8 Å². The Kier molecular flexibility index (Phi) is 3.34. The van der Waals surface area contributed by atoms with Crippen molar-refractivity contribution < 1.29 is 14.1 Å². The molecule has 1 aromatic heterocycles. The number of non-ortho nitro benzene ring substituents is 1. The molecular weight excluding hydrogens is 272 g/mol. The Balaban J connectivity index is 1.80. The second-order valence-corrected chi connectivity index (χ2v) is 4.21. The summed E-state index contributed by atoms with van der Waals surface area (Å²) in [7, 11) is 0. The quantitative estimate of drug-likeness (QED) is 0.533. The van der Waals surface area contributed by atoms with E-state index in [4.69, 9.17) is 9.15 Å². The van der Waals surface area contributed by atoms with Crippen LogP contribution >= 0.6 is 0 Å². The lowest BCUT2D eigenvalue weighted by atomic mass is 10.2. The fourth-order valence-electron chi connectivity index (χ4n) is 1.78. The minimum atomic E-state index is -0.450. The van der Waals surface area contributed by atoms with Gasteiger partial charge in [-0.1, -0.05) is 18.2 Å². The molecule has 0 saturated carbocycles. The molecular formula is C15H10N2O4. The van der Waals surface area contributed by atoms with E-state index in [0.29, 0.717) is 17.1 Å². The predicted octanol–water partition coefficient (Wildman–Crippen LogP) is 4.04. The molecule has 0 radical (unpaired) electrons. The average molecular weight is 282 g/mol. The lowest BCUT2D eigenvalue weighted by molar-refractivity contribution is -0.384. The van der Waals surface area contributed by atoms with Crippen molar-refractivity contribution >= 4 is 5.69 Å². The molecule has 3 aromatic rings. The molecule has 0 saturated heterocycles. The number of rotatable bonds is 4. The molecule has 0 N–H and O–H groups in total. The second-order valence-electron chi connectivity index (χ2n) is 4.21. The number of nitro groups is 1. The van der Waals surface area contributed by atoms with Crippen molar-refractivity contribution in [3.05, 3.63) is 70.9 Å². The fourth-order valence-corrected chi connectivity index (χ4v) is 1.78. The molecule has 0 amide bonds. The van der Waals surface area contributed by atoms with Gasteiger partial charge in [-0.05, 0) is 24.3 Å². The van der Waals surface area contributed by atoms with Crippen LogP contribution < -0.4 is 4.74 Å². The van der Waals surface area contributed by atoms with Crippen LogP contribution in [0, 0.1) is 10.1 Å². The Hall–Kier alpha value is -3.15. The number of aromatic nitrogens is 1. The van der Waals surface area contributed by atoms with Crippen LogP contribution in [0.15, 0.2) is 65.2 Å². The lowest BCUT2D eigenvalue weighted by Crippen LogP contribution is -1.86. The Labute approximate surface area is 119 Å². The van der Waals surface area contributed by atoms with E-state index >= 15 is 0 Å². The smallest absolute Gasteiger partial charge is 0.399 e. The summed E-state index contributed by atoms with van der Waals surface area (Å²) < 4.78 is 10.9. The van der Waals surface area contributed by atoms with E-state index < -0.39 is 4.92 Å². The Morgan fingerprint density at radius 2 is 1.76 bits per heavy atom. The summed E-state index contributed by atoms with van der Waals surface area (Å²) in [5.74, 6) is 1.10. The first-order valence-corrected chi connectivity index (χ1v) is 6.16. The van der Waals surface area contributed by atoms with Crippen LogP contribution in [0.25, 0.3) is 11.3 Å². The van der Waals surface area contributed by atoms with Crippen LogP contribution in [0.3, 0.4) is 0 Å². The van der Waals surface area contributed by atoms with E-state index in [0.717, 1.165) is 0 Å². The molecule has 0 bridgehead atoms. The Morgan fingerprint density at radius 3 is 2.43 bits per heavy atom. The molecule has 0 aliphatic rings. The van der Waals surface area contributed by atoms with Crippen molar-refractivity contribution in [1.82, 2.24) is 4.98 Å². The number of nitro benzene ring substituents is 1. The van der Waals surface area contributed by atoms with Gasteiger partial charge in [-0.15, -0.1) is 0 Å². The lowest BCUT2D eigenvalue weighted by Gasteiger charge is -1.99. The normalized spacial score (nSPS) is 10.3. The molecule has 2 aromatic carbocycles. The van der Waals surface area contributed by atoms with Gasteiger partial charge in [-0.25, -0.2) is 0 Å².